The van der Waals surface area contributed by atoms with Gasteiger partial charge in [-0.05, 0) is 12.1 Å². The van der Waals surface area contributed by atoms with Crippen molar-refractivity contribution in [1.82, 2.24) is 0 Å². The van der Waals surface area contributed by atoms with E-state index < -0.39 is 0 Å². The molecule has 6 nitrogen and oxygen atoms in total. The van der Waals surface area contributed by atoms with Gasteiger partial charge in [-0.2, -0.15) is 0 Å². The fourth-order valence-corrected chi connectivity index (χ4v) is 3.66. The molecule has 0 bridgehead atoms. The quantitative estimate of drug-likeness (QED) is 0.667. The second-order valence-electron chi connectivity index (χ2n) is 6.80. The highest BCUT2D eigenvalue weighted by atomic mass is 16.5. The van der Waals surface area contributed by atoms with Gasteiger partial charge in [0, 0.05) is 23.3 Å². The number of pyridine rings is 1. The van der Waals surface area contributed by atoms with Crippen LogP contribution >= 0.6 is 0 Å². The molecule has 140 valence electrons. The van der Waals surface area contributed by atoms with E-state index in [2.05, 4.69) is 29.2 Å². The van der Waals surface area contributed by atoms with Gasteiger partial charge in [0.15, 0.2) is 23.9 Å². The van der Waals surface area contributed by atoms with Gasteiger partial charge in [-0.25, -0.2) is 4.98 Å². The number of H-pyrrole nitrogens is 1. The predicted octanol–water partition coefficient (Wildman–Crippen LogP) is -0.990. The molecule has 0 aliphatic carbocycles. The summed E-state index contributed by atoms with van der Waals surface area (Å²) in [7, 11) is 4.97. The molecule has 1 fully saturated rings. The fourth-order valence-electron chi connectivity index (χ4n) is 3.66. The van der Waals surface area contributed by atoms with Gasteiger partial charge in [-0.3, -0.25) is 0 Å². The van der Waals surface area contributed by atoms with Crippen molar-refractivity contribution in [1.29, 1.82) is 0 Å². The van der Waals surface area contributed by atoms with Crippen molar-refractivity contribution >= 4 is 0 Å². The van der Waals surface area contributed by atoms with Crippen molar-refractivity contribution in [2.24, 2.45) is 0 Å². The number of nitrogens with one attached hydrogen (secondary N) is 3. The first-order chi connectivity index (χ1) is 12.7. The Bertz CT molecular complexity index is 676. The largest absolute Gasteiger partial charge is 0.493 e. The molecular formula is C20H30N3O3+3. The summed E-state index contributed by atoms with van der Waals surface area (Å²) in [6.07, 6.45) is 4.00. The smallest absolute Gasteiger partial charge is 0.203 e. The molecular weight excluding hydrogens is 330 g/mol. The zero-order valence-electron chi connectivity index (χ0n) is 15.9. The third-order valence-electron chi connectivity index (χ3n) is 5.08. The van der Waals surface area contributed by atoms with E-state index in [0.29, 0.717) is 5.75 Å². The minimum atomic E-state index is 0.656. The summed E-state index contributed by atoms with van der Waals surface area (Å²) in [4.78, 5) is 6.35. The number of hydrogen-bond donors (Lipinski definition) is 2. The van der Waals surface area contributed by atoms with Crippen molar-refractivity contribution in [3.63, 3.8) is 0 Å². The van der Waals surface area contributed by atoms with Crippen LogP contribution in [0.5, 0.6) is 17.2 Å². The molecule has 1 aromatic heterocycles. The molecule has 0 radical (unpaired) electrons. The summed E-state index contributed by atoms with van der Waals surface area (Å²) in [6.45, 7) is 6.81. The third-order valence-corrected chi connectivity index (χ3v) is 5.08. The maximum atomic E-state index is 5.47. The minimum absolute atomic E-state index is 0.656. The molecule has 1 aromatic carbocycles. The average molecular weight is 360 g/mol. The lowest BCUT2D eigenvalue weighted by Gasteiger charge is -2.30. The monoisotopic (exact) mass is 360 g/mol. The van der Waals surface area contributed by atoms with Crippen molar-refractivity contribution in [3.05, 3.63) is 47.8 Å². The van der Waals surface area contributed by atoms with Crippen LogP contribution in [0.1, 0.15) is 11.1 Å². The molecule has 2 heterocycles. The van der Waals surface area contributed by atoms with Gasteiger partial charge in [0.05, 0.1) is 21.3 Å². The van der Waals surface area contributed by atoms with Crippen LogP contribution in [-0.4, -0.2) is 47.5 Å². The highest BCUT2D eigenvalue weighted by Gasteiger charge is 2.24. The van der Waals surface area contributed by atoms with Crippen molar-refractivity contribution in [2.45, 2.75) is 13.1 Å². The molecule has 2 aromatic rings. The molecule has 6 heteroatoms. The van der Waals surface area contributed by atoms with E-state index >= 15 is 0 Å². The molecule has 0 amide bonds. The minimum Gasteiger partial charge on any atom is -0.493 e. The van der Waals surface area contributed by atoms with Gasteiger partial charge in [0.25, 0.3) is 0 Å². The van der Waals surface area contributed by atoms with E-state index in [4.69, 9.17) is 14.2 Å². The number of methoxy groups -OCH3 is 3. The highest BCUT2D eigenvalue weighted by Crippen LogP contribution is 2.37. The van der Waals surface area contributed by atoms with Gasteiger partial charge in [-0.1, -0.05) is 0 Å². The Kier molecular flexibility index (Phi) is 6.30. The number of ether oxygens (including phenoxy) is 3. The summed E-state index contributed by atoms with van der Waals surface area (Å²) in [5.41, 5.74) is 2.61. The predicted molar refractivity (Wildman–Crippen MR) is 97.9 cm³/mol. The number of hydrogen-bond acceptors (Lipinski definition) is 3. The molecule has 3 rings (SSSR count). The molecule has 0 saturated carbocycles. The second kappa shape index (κ2) is 8.87. The molecule has 0 atom stereocenters. The SMILES string of the molecule is COc1cc(C[NH+]2CC[NH+](Cc3cc[nH+]cc3)CC2)cc(OC)c1OC. The van der Waals surface area contributed by atoms with Gasteiger partial charge in [-0.15, -0.1) is 0 Å². The van der Waals surface area contributed by atoms with Gasteiger partial charge in [0.1, 0.15) is 39.3 Å². The Labute approximate surface area is 155 Å². The van der Waals surface area contributed by atoms with Crippen molar-refractivity contribution in [3.8, 4) is 17.2 Å². The van der Waals surface area contributed by atoms with Crippen LogP contribution in [0.25, 0.3) is 0 Å². The van der Waals surface area contributed by atoms with Gasteiger partial charge < -0.3 is 24.0 Å². The van der Waals surface area contributed by atoms with Crippen molar-refractivity contribution < 1.29 is 29.0 Å². The summed E-state index contributed by atoms with van der Waals surface area (Å²) in [5.74, 6) is 2.11. The van der Waals surface area contributed by atoms with Crippen LogP contribution in [0.4, 0.5) is 0 Å². The average Bonchev–Trinajstić information content (AvgIpc) is 2.69. The van der Waals surface area contributed by atoms with Crippen LogP contribution in [0.3, 0.4) is 0 Å². The first kappa shape index (κ1) is 18.5. The van der Waals surface area contributed by atoms with E-state index in [1.54, 1.807) is 31.1 Å². The molecule has 1 aliphatic heterocycles. The fraction of sp³-hybridized carbons (Fsp3) is 0.450. The highest BCUT2D eigenvalue weighted by molar-refractivity contribution is 5.53. The number of rotatable bonds is 7. The Morgan fingerprint density at radius 1 is 0.769 bits per heavy atom. The number of benzene rings is 1. The normalized spacial score (nSPS) is 19.8. The Morgan fingerprint density at radius 3 is 1.73 bits per heavy atom. The number of aromatic amines is 1. The van der Waals surface area contributed by atoms with Crippen LogP contribution in [0.15, 0.2) is 36.7 Å². The molecule has 0 spiro atoms. The number of piperazine rings is 1. The van der Waals surface area contributed by atoms with E-state index in [0.717, 1.165) is 24.6 Å². The van der Waals surface area contributed by atoms with Crippen LogP contribution in [-0.2, 0) is 13.1 Å². The maximum absolute atomic E-state index is 5.47. The third kappa shape index (κ3) is 4.45. The molecule has 3 N–H and O–H groups in total. The standard InChI is InChI=1S/C20H27N3O3/c1-24-18-12-17(13-19(25-2)20(18)26-3)15-23-10-8-22(9-11-23)14-16-4-6-21-7-5-16/h4-7,12-13H,8-11,14-15H2,1-3H3/p+3. The van der Waals surface area contributed by atoms with E-state index in [-0.39, 0.29) is 0 Å². The lowest BCUT2D eigenvalue weighted by molar-refractivity contribution is -1.02. The van der Waals surface area contributed by atoms with Crippen LogP contribution < -0.4 is 29.0 Å². The van der Waals surface area contributed by atoms with Crippen molar-refractivity contribution in [2.75, 3.05) is 47.5 Å². The lowest BCUT2D eigenvalue weighted by Crippen LogP contribution is -3.27. The second-order valence-corrected chi connectivity index (χ2v) is 6.80. The first-order valence-corrected chi connectivity index (χ1v) is 9.14. The summed E-state index contributed by atoms with van der Waals surface area (Å²) >= 11 is 0. The van der Waals surface area contributed by atoms with Crippen LogP contribution in [0, 0.1) is 0 Å². The first-order valence-electron chi connectivity index (χ1n) is 9.14. The van der Waals surface area contributed by atoms with E-state index in [1.807, 2.05) is 12.4 Å². The molecule has 26 heavy (non-hydrogen) atoms. The Balaban J connectivity index is 1.59. The zero-order valence-corrected chi connectivity index (χ0v) is 15.9. The summed E-state index contributed by atoms with van der Waals surface area (Å²) in [6, 6.07) is 8.46. The Hall–Kier alpha value is -2.31. The molecule has 1 aliphatic rings. The van der Waals surface area contributed by atoms with Gasteiger partial charge in [0.2, 0.25) is 5.75 Å². The Morgan fingerprint density at radius 2 is 1.27 bits per heavy atom. The lowest BCUT2D eigenvalue weighted by atomic mass is 10.1. The van der Waals surface area contributed by atoms with E-state index in [9.17, 15) is 0 Å². The van der Waals surface area contributed by atoms with Gasteiger partial charge >= 0.3 is 0 Å². The topological polar surface area (TPSA) is 50.7 Å². The number of quaternary nitrogens is 2. The summed E-state index contributed by atoms with van der Waals surface area (Å²) in [5, 5.41) is 0. The van der Waals surface area contributed by atoms with Crippen LogP contribution in [0.2, 0.25) is 0 Å². The molecule has 0 unspecified atom stereocenters. The van der Waals surface area contributed by atoms with E-state index in [1.165, 1.54) is 37.3 Å². The molecule has 1 saturated heterocycles. The maximum Gasteiger partial charge on any atom is 0.203 e. The zero-order chi connectivity index (χ0) is 18.4. The number of aromatic nitrogens is 1. The summed E-state index contributed by atoms with van der Waals surface area (Å²) < 4.78 is 16.4.